The Kier molecular flexibility index (Phi) is 10.0. The molecular weight excluding hydrogens is 564 g/mol. The van der Waals surface area contributed by atoms with Gasteiger partial charge in [0.05, 0.1) is 11.3 Å². The van der Waals surface area contributed by atoms with Crippen LogP contribution in [0.2, 0.25) is 0 Å². The van der Waals surface area contributed by atoms with Crippen molar-refractivity contribution in [3.8, 4) is 11.8 Å². The SMILES string of the molecule is CC#CCSC1C(NC(c2ccccc2)(c2ccccc2)c2ccccc2)C(=O)N1C(C(=O)OCc1ccccc1)=C(C)C. The second kappa shape index (κ2) is 14.3. The summed E-state index contributed by atoms with van der Waals surface area (Å²) in [7, 11) is 0. The maximum Gasteiger partial charge on any atom is 0.355 e. The van der Waals surface area contributed by atoms with Gasteiger partial charge in [0.15, 0.2) is 0 Å². The number of esters is 1. The van der Waals surface area contributed by atoms with E-state index in [0.717, 1.165) is 22.3 Å². The van der Waals surface area contributed by atoms with Gasteiger partial charge in [-0.25, -0.2) is 4.79 Å². The van der Waals surface area contributed by atoms with E-state index < -0.39 is 22.9 Å². The Morgan fingerprint density at radius 1 is 0.818 bits per heavy atom. The molecule has 1 amide bonds. The molecule has 44 heavy (non-hydrogen) atoms. The molecule has 4 aromatic carbocycles. The number of ether oxygens (including phenoxy) is 1. The summed E-state index contributed by atoms with van der Waals surface area (Å²) in [5.74, 6) is 5.87. The normalized spacial score (nSPS) is 15.9. The van der Waals surface area contributed by atoms with E-state index in [1.54, 1.807) is 11.8 Å². The summed E-state index contributed by atoms with van der Waals surface area (Å²) in [4.78, 5) is 29.4. The van der Waals surface area contributed by atoms with Crippen LogP contribution >= 0.6 is 11.8 Å². The Morgan fingerprint density at radius 3 is 1.75 bits per heavy atom. The predicted molar refractivity (Wildman–Crippen MR) is 177 cm³/mol. The molecule has 5 rings (SSSR count). The van der Waals surface area contributed by atoms with Gasteiger partial charge in [0.25, 0.3) is 0 Å². The number of nitrogens with one attached hydrogen (secondary N) is 1. The fraction of sp³-hybridized carbons (Fsp3) is 0.211. The summed E-state index contributed by atoms with van der Waals surface area (Å²) in [5.41, 5.74) is 4.04. The molecule has 5 nitrogen and oxygen atoms in total. The monoisotopic (exact) mass is 600 g/mol. The number of hydrogen-bond donors (Lipinski definition) is 1. The number of hydrogen-bond acceptors (Lipinski definition) is 5. The molecule has 0 bridgehead atoms. The van der Waals surface area contributed by atoms with Crippen LogP contribution in [-0.2, 0) is 26.5 Å². The van der Waals surface area contributed by atoms with E-state index in [0.29, 0.717) is 11.3 Å². The van der Waals surface area contributed by atoms with E-state index >= 15 is 0 Å². The molecule has 1 saturated heterocycles. The van der Waals surface area contributed by atoms with E-state index in [9.17, 15) is 9.59 Å². The highest BCUT2D eigenvalue weighted by Crippen LogP contribution is 2.42. The third-order valence-corrected chi connectivity index (χ3v) is 8.79. The molecule has 0 aromatic heterocycles. The molecule has 0 saturated carbocycles. The maximum atomic E-state index is 14.3. The van der Waals surface area contributed by atoms with Gasteiger partial charge < -0.3 is 4.74 Å². The molecule has 1 N–H and O–H groups in total. The largest absolute Gasteiger partial charge is 0.456 e. The summed E-state index contributed by atoms with van der Waals surface area (Å²) >= 11 is 1.54. The molecule has 1 aliphatic heterocycles. The Bertz CT molecular complexity index is 1560. The van der Waals surface area contributed by atoms with Crippen molar-refractivity contribution in [2.75, 3.05) is 5.75 Å². The molecule has 2 atom stereocenters. The molecule has 0 radical (unpaired) electrons. The number of carbonyl (C=O) groups excluding carboxylic acids is 2. The number of amides is 1. The summed E-state index contributed by atoms with van der Waals surface area (Å²) in [6.07, 6.45) is 0. The van der Waals surface area contributed by atoms with Crippen LogP contribution in [-0.4, -0.2) is 33.9 Å². The number of likely N-dealkylation sites (tertiary alicyclic amines) is 1. The zero-order valence-corrected chi connectivity index (χ0v) is 26.0. The molecule has 4 aromatic rings. The predicted octanol–water partition coefficient (Wildman–Crippen LogP) is 6.90. The number of thioether (sulfide) groups is 1. The minimum Gasteiger partial charge on any atom is -0.456 e. The van der Waals surface area contributed by atoms with E-state index in [-0.39, 0.29) is 18.2 Å². The quantitative estimate of drug-likeness (QED) is 0.0668. The van der Waals surface area contributed by atoms with Gasteiger partial charge >= 0.3 is 5.97 Å². The van der Waals surface area contributed by atoms with Crippen LogP contribution in [0.15, 0.2) is 133 Å². The molecule has 1 fully saturated rings. The molecule has 2 unspecified atom stereocenters. The average molecular weight is 601 g/mol. The van der Waals surface area contributed by atoms with Crippen molar-refractivity contribution < 1.29 is 14.3 Å². The van der Waals surface area contributed by atoms with E-state index in [2.05, 4.69) is 53.6 Å². The van der Waals surface area contributed by atoms with E-state index in [1.165, 1.54) is 11.8 Å². The second-order valence-corrected chi connectivity index (χ2v) is 11.8. The van der Waals surface area contributed by atoms with Crippen molar-refractivity contribution >= 4 is 23.6 Å². The lowest BCUT2D eigenvalue weighted by molar-refractivity contribution is -0.152. The first-order chi connectivity index (χ1) is 21.5. The van der Waals surface area contributed by atoms with Gasteiger partial charge in [-0.3, -0.25) is 15.0 Å². The van der Waals surface area contributed by atoms with Crippen molar-refractivity contribution in [2.24, 2.45) is 0 Å². The number of allylic oxidation sites excluding steroid dienone is 1. The Morgan fingerprint density at radius 2 is 1.30 bits per heavy atom. The molecular formula is C38H36N2O3S. The highest BCUT2D eigenvalue weighted by Gasteiger charge is 2.54. The number of benzene rings is 4. The van der Waals surface area contributed by atoms with Crippen LogP contribution in [0, 0.1) is 11.8 Å². The van der Waals surface area contributed by atoms with Gasteiger partial charge in [0.2, 0.25) is 5.91 Å². The van der Waals surface area contributed by atoms with Crippen LogP contribution in [0.5, 0.6) is 0 Å². The molecule has 0 spiro atoms. The fourth-order valence-corrected chi connectivity index (χ4v) is 6.72. The van der Waals surface area contributed by atoms with Crippen molar-refractivity contribution in [3.05, 3.63) is 155 Å². The zero-order chi connectivity index (χ0) is 30.9. The third-order valence-electron chi connectivity index (χ3n) is 7.66. The average Bonchev–Trinajstić information content (AvgIpc) is 3.07. The van der Waals surface area contributed by atoms with Crippen LogP contribution in [0.3, 0.4) is 0 Å². The second-order valence-electron chi connectivity index (χ2n) is 10.7. The van der Waals surface area contributed by atoms with Crippen LogP contribution in [0.25, 0.3) is 0 Å². The van der Waals surface area contributed by atoms with Crippen LogP contribution in [0.1, 0.15) is 43.0 Å². The van der Waals surface area contributed by atoms with E-state index in [1.807, 2.05) is 98.8 Å². The summed E-state index contributed by atoms with van der Waals surface area (Å²) in [6.45, 7) is 5.60. The molecule has 6 heteroatoms. The fourth-order valence-electron chi connectivity index (χ4n) is 5.59. The minimum atomic E-state index is -0.843. The lowest BCUT2D eigenvalue weighted by Gasteiger charge is -2.51. The maximum absolute atomic E-state index is 14.3. The number of rotatable bonds is 11. The molecule has 0 aliphatic carbocycles. The first-order valence-electron chi connectivity index (χ1n) is 14.6. The molecule has 1 heterocycles. The van der Waals surface area contributed by atoms with E-state index in [4.69, 9.17) is 4.74 Å². The standard InChI is InChI=1S/C38H36N2O3S/c1-4-5-26-44-36-33(35(41)40(36)34(28(2)3)37(42)43-27-29-18-10-6-11-19-29)39-38(30-20-12-7-13-21-30,31-22-14-8-15-23-31)32-24-16-9-17-25-32/h6-25,33,36,39H,26-27H2,1-3H3. The van der Waals surface area contributed by atoms with Gasteiger partial charge in [-0.15, -0.1) is 17.7 Å². The smallest absolute Gasteiger partial charge is 0.355 e. The van der Waals surface area contributed by atoms with Gasteiger partial charge in [-0.05, 0) is 48.6 Å². The summed E-state index contributed by atoms with van der Waals surface area (Å²) in [6, 6.07) is 39.5. The summed E-state index contributed by atoms with van der Waals surface area (Å²) < 4.78 is 5.73. The van der Waals surface area contributed by atoms with Gasteiger partial charge in [-0.2, -0.15) is 0 Å². The highest BCUT2D eigenvalue weighted by molar-refractivity contribution is 8.00. The first-order valence-corrected chi connectivity index (χ1v) is 15.7. The first kappa shape index (κ1) is 30.9. The number of β-lactam (4-membered cyclic amide) rings is 1. The topological polar surface area (TPSA) is 58.6 Å². The van der Waals surface area contributed by atoms with Gasteiger partial charge in [-0.1, -0.05) is 127 Å². The highest BCUT2D eigenvalue weighted by atomic mass is 32.2. The Hall–Kier alpha value is -4.57. The Balaban J connectivity index is 1.55. The third kappa shape index (κ3) is 6.35. The van der Waals surface area contributed by atoms with Crippen molar-refractivity contribution in [2.45, 2.75) is 44.3 Å². The van der Waals surface area contributed by atoms with Gasteiger partial charge in [0, 0.05) is 0 Å². The van der Waals surface area contributed by atoms with Crippen molar-refractivity contribution in [3.63, 3.8) is 0 Å². The van der Waals surface area contributed by atoms with Crippen molar-refractivity contribution in [1.29, 1.82) is 0 Å². The van der Waals surface area contributed by atoms with Crippen LogP contribution in [0.4, 0.5) is 0 Å². The number of nitrogens with zero attached hydrogens (tertiary/aromatic N) is 1. The molecule has 222 valence electrons. The van der Waals surface area contributed by atoms with Crippen LogP contribution < -0.4 is 5.32 Å². The lowest BCUT2D eigenvalue weighted by atomic mass is 9.76. The van der Waals surface area contributed by atoms with Crippen molar-refractivity contribution in [1.82, 2.24) is 10.2 Å². The summed E-state index contributed by atoms with van der Waals surface area (Å²) in [5, 5.41) is 3.43. The Labute approximate surface area is 264 Å². The van der Waals surface area contributed by atoms with Gasteiger partial charge in [0.1, 0.15) is 23.7 Å². The zero-order valence-electron chi connectivity index (χ0n) is 25.2. The molecule has 1 aliphatic rings. The lowest BCUT2D eigenvalue weighted by Crippen LogP contribution is -2.72. The minimum absolute atomic E-state index is 0.123. The number of carbonyl (C=O) groups is 2.